The summed E-state index contributed by atoms with van der Waals surface area (Å²) in [6, 6.07) is 10.3. The van der Waals surface area contributed by atoms with Crippen molar-refractivity contribution in [2.75, 3.05) is 11.9 Å². The predicted octanol–water partition coefficient (Wildman–Crippen LogP) is 3.30. The third kappa shape index (κ3) is 2.77. The van der Waals surface area contributed by atoms with Gasteiger partial charge in [0.1, 0.15) is 11.6 Å². The Labute approximate surface area is 115 Å². The molecule has 0 heterocycles. The summed E-state index contributed by atoms with van der Waals surface area (Å²) in [5.41, 5.74) is 0.146. The van der Waals surface area contributed by atoms with E-state index in [4.69, 9.17) is 5.11 Å². The molecule has 2 rings (SSSR count). The van der Waals surface area contributed by atoms with Crippen molar-refractivity contribution in [2.45, 2.75) is 6.54 Å². The van der Waals surface area contributed by atoms with Gasteiger partial charge in [-0.2, -0.15) is 0 Å². The Balaban J connectivity index is 2.29. The van der Waals surface area contributed by atoms with Gasteiger partial charge in [-0.1, -0.05) is 24.3 Å². The lowest BCUT2D eigenvalue weighted by Crippen LogP contribution is -2.19. The first-order valence-electron chi connectivity index (χ1n) is 5.97. The lowest BCUT2D eigenvalue weighted by Gasteiger charge is -2.20. The van der Waals surface area contributed by atoms with Crippen molar-refractivity contribution in [1.29, 1.82) is 0 Å². The molecule has 0 unspecified atom stereocenters. The van der Waals surface area contributed by atoms with Crippen molar-refractivity contribution < 1.29 is 18.7 Å². The molecule has 0 aliphatic carbocycles. The van der Waals surface area contributed by atoms with Gasteiger partial charge in [-0.3, -0.25) is 0 Å². The molecular formula is C15H13F2NO2. The van der Waals surface area contributed by atoms with Gasteiger partial charge in [-0.15, -0.1) is 0 Å². The van der Waals surface area contributed by atoms with Gasteiger partial charge in [0.25, 0.3) is 0 Å². The molecule has 0 spiro atoms. The maximum Gasteiger partial charge on any atom is 0.338 e. The van der Waals surface area contributed by atoms with Crippen LogP contribution in [0.5, 0.6) is 0 Å². The normalized spacial score (nSPS) is 10.3. The quantitative estimate of drug-likeness (QED) is 0.932. The summed E-state index contributed by atoms with van der Waals surface area (Å²) in [6.45, 7) is 0.0773. The summed E-state index contributed by atoms with van der Waals surface area (Å²) in [4.78, 5) is 12.4. The van der Waals surface area contributed by atoms with E-state index in [1.54, 1.807) is 25.2 Å². The average molecular weight is 277 g/mol. The van der Waals surface area contributed by atoms with E-state index in [-0.39, 0.29) is 17.7 Å². The summed E-state index contributed by atoms with van der Waals surface area (Å²) >= 11 is 0. The molecule has 20 heavy (non-hydrogen) atoms. The molecule has 3 nitrogen and oxygen atoms in total. The summed E-state index contributed by atoms with van der Waals surface area (Å²) < 4.78 is 27.6. The molecule has 0 fully saturated rings. The van der Waals surface area contributed by atoms with Gasteiger partial charge in [-0.05, 0) is 18.2 Å². The van der Waals surface area contributed by atoms with Gasteiger partial charge in [0.2, 0.25) is 0 Å². The number of rotatable bonds is 4. The number of aromatic carboxylic acids is 1. The molecular weight excluding hydrogens is 264 g/mol. The Morgan fingerprint density at radius 3 is 2.50 bits per heavy atom. The van der Waals surface area contributed by atoms with Crippen LogP contribution in [-0.2, 0) is 6.54 Å². The van der Waals surface area contributed by atoms with Crippen LogP contribution >= 0.6 is 0 Å². The average Bonchev–Trinajstić information content (AvgIpc) is 2.41. The van der Waals surface area contributed by atoms with Crippen molar-refractivity contribution >= 4 is 11.7 Å². The fraction of sp³-hybridized carbons (Fsp3) is 0.133. The second-order valence-corrected chi connectivity index (χ2v) is 4.39. The van der Waals surface area contributed by atoms with Crippen LogP contribution in [0, 0.1) is 11.6 Å². The third-order valence-corrected chi connectivity index (χ3v) is 2.98. The van der Waals surface area contributed by atoms with E-state index in [0.29, 0.717) is 5.69 Å². The molecule has 0 aliphatic rings. The summed E-state index contributed by atoms with van der Waals surface area (Å²) in [5, 5.41) is 8.87. The number of carboxylic acid groups (broad SMARTS) is 1. The minimum absolute atomic E-state index is 0.0773. The van der Waals surface area contributed by atoms with E-state index >= 15 is 0 Å². The molecule has 0 aliphatic heterocycles. The van der Waals surface area contributed by atoms with Gasteiger partial charge in [0.15, 0.2) is 0 Å². The molecule has 5 heteroatoms. The second kappa shape index (κ2) is 5.69. The lowest BCUT2D eigenvalue weighted by atomic mass is 10.1. The minimum atomic E-state index is -1.32. The highest BCUT2D eigenvalue weighted by Crippen LogP contribution is 2.21. The van der Waals surface area contributed by atoms with Crippen LogP contribution in [0.4, 0.5) is 14.5 Å². The zero-order chi connectivity index (χ0) is 14.7. The topological polar surface area (TPSA) is 40.5 Å². The van der Waals surface area contributed by atoms with Crippen LogP contribution in [-0.4, -0.2) is 18.1 Å². The smallest absolute Gasteiger partial charge is 0.338 e. The van der Waals surface area contributed by atoms with Crippen molar-refractivity contribution in [2.24, 2.45) is 0 Å². The van der Waals surface area contributed by atoms with Crippen molar-refractivity contribution in [3.63, 3.8) is 0 Å². The third-order valence-electron chi connectivity index (χ3n) is 2.98. The standard InChI is InChI=1S/C15H13F2NO2/c1-18(13-8-3-2-7-12(13)16)9-10-5-4-6-11(14(10)17)15(19)20/h2-8H,9H2,1H3,(H,19,20). The highest BCUT2D eigenvalue weighted by Gasteiger charge is 2.15. The Hall–Kier alpha value is -2.43. The Morgan fingerprint density at radius 1 is 1.15 bits per heavy atom. The largest absolute Gasteiger partial charge is 0.478 e. The summed E-state index contributed by atoms with van der Waals surface area (Å²) in [6.07, 6.45) is 0. The minimum Gasteiger partial charge on any atom is -0.478 e. The van der Waals surface area contributed by atoms with Crippen LogP contribution in [0.3, 0.4) is 0 Å². The number of nitrogens with zero attached hydrogens (tertiary/aromatic N) is 1. The summed E-state index contributed by atoms with van der Waals surface area (Å²) in [5.74, 6) is -2.52. The van der Waals surface area contributed by atoms with E-state index in [1.807, 2.05) is 0 Å². The fourth-order valence-corrected chi connectivity index (χ4v) is 1.97. The zero-order valence-corrected chi connectivity index (χ0v) is 10.8. The molecule has 0 bridgehead atoms. The van der Waals surface area contributed by atoms with Gasteiger partial charge in [-0.25, -0.2) is 13.6 Å². The number of halogens is 2. The maximum atomic E-state index is 14.0. The highest BCUT2D eigenvalue weighted by atomic mass is 19.1. The van der Waals surface area contributed by atoms with Crippen LogP contribution in [0.1, 0.15) is 15.9 Å². The van der Waals surface area contributed by atoms with Gasteiger partial charge < -0.3 is 10.0 Å². The van der Waals surface area contributed by atoms with Crippen LogP contribution in [0.15, 0.2) is 42.5 Å². The van der Waals surface area contributed by atoms with Gasteiger partial charge in [0, 0.05) is 19.2 Å². The number of carboxylic acids is 1. The van der Waals surface area contributed by atoms with Gasteiger partial charge in [0.05, 0.1) is 11.3 Å². The number of benzene rings is 2. The lowest BCUT2D eigenvalue weighted by molar-refractivity contribution is 0.0691. The number of anilines is 1. The molecule has 0 aromatic heterocycles. The molecule has 0 saturated heterocycles. The van der Waals surface area contributed by atoms with E-state index < -0.39 is 17.6 Å². The Bertz CT molecular complexity index is 644. The van der Waals surface area contributed by atoms with Crippen LogP contribution in [0.25, 0.3) is 0 Å². The van der Waals surface area contributed by atoms with E-state index in [2.05, 4.69) is 0 Å². The number of carbonyl (C=O) groups is 1. The first-order chi connectivity index (χ1) is 9.50. The first kappa shape index (κ1) is 14.0. The van der Waals surface area contributed by atoms with E-state index in [1.165, 1.54) is 29.2 Å². The van der Waals surface area contributed by atoms with Crippen LogP contribution < -0.4 is 4.90 Å². The van der Waals surface area contributed by atoms with Crippen molar-refractivity contribution in [3.05, 3.63) is 65.2 Å². The number of para-hydroxylation sites is 1. The predicted molar refractivity (Wildman–Crippen MR) is 71.9 cm³/mol. The SMILES string of the molecule is CN(Cc1cccc(C(=O)O)c1F)c1ccccc1F. The second-order valence-electron chi connectivity index (χ2n) is 4.39. The summed E-state index contributed by atoms with van der Waals surface area (Å²) in [7, 11) is 1.62. The molecule has 0 atom stereocenters. The van der Waals surface area contributed by atoms with E-state index in [0.717, 1.165) is 0 Å². The highest BCUT2D eigenvalue weighted by molar-refractivity contribution is 5.88. The monoisotopic (exact) mass is 277 g/mol. The molecule has 0 radical (unpaired) electrons. The molecule has 1 N–H and O–H groups in total. The number of hydrogen-bond donors (Lipinski definition) is 1. The fourth-order valence-electron chi connectivity index (χ4n) is 1.97. The van der Waals surface area contributed by atoms with Crippen molar-refractivity contribution in [1.82, 2.24) is 0 Å². The maximum absolute atomic E-state index is 14.0. The van der Waals surface area contributed by atoms with Gasteiger partial charge >= 0.3 is 5.97 Å². The molecule has 2 aromatic carbocycles. The molecule has 104 valence electrons. The zero-order valence-electron chi connectivity index (χ0n) is 10.8. The molecule has 0 amide bonds. The van der Waals surface area contributed by atoms with Crippen molar-refractivity contribution in [3.8, 4) is 0 Å². The van der Waals surface area contributed by atoms with E-state index in [9.17, 15) is 13.6 Å². The van der Waals surface area contributed by atoms with Crippen LogP contribution in [0.2, 0.25) is 0 Å². The Morgan fingerprint density at radius 2 is 1.85 bits per heavy atom. The number of hydrogen-bond acceptors (Lipinski definition) is 2. The Kier molecular flexibility index (Phi) is 3.98. The first-order valence-corrected chi connectivity index (χ1v) is 5.97. The molecule has 2 aromatic rings. The molecule has 0 saturated carbocycles.